The first kappa shape index (κ1) is 25.2. The Morgan fingerprint density at radius 1 is 0.867 bits per heavy atom. The van der Waals surface area contributed by atoms with Gasteiger partial charge in [-0.25, -0.2) is 9.13 Å². The summed E-state index contributed by atoms with van der Waals surface area (Å²) in [6.45, 7) is 0.0849. The van der Waals surface area contributed by atoms with Crippen molar-refractivity contribution in [2.75, 3.05) is 12.5 Å². The molecule has 7 N–H and O–H groups in total. The number of hydrogen-bond acceptors (Lipinski definition) is 3. The lowest BCUT2D eigenvalue weighted by Crippen LogP contribution is -1.76. The second-order valence-electron chi connectivity index (χ2n) is 1.44. The zero-order valence-corrected chi connectivity index (χ0v) is 9.18. The van der Waals surface area contributed by atoms with Gasteiger partial charge in [0.25, 0.3) is 0 Å². The summed E-state index contributed by atoms with van der Waals surface area (Å²) in [7, 11) is -9.28. The van der Waals surface area contributed by atoms with Gasteiger partial charge in [-0.05, 0) is 0 Å². The van der Waals surface area contributed by atoms with Gasteiger partial charge in [-0.3, -0.25) is 0 Å². The van der Waals surface area contributed by atoms with Gasteiger partial charge in [0.2, 0.25) is 0 Å². The normalized spacial score (nSPS) is 9.87. The Hall–Kier alpha value is 1.24. The molecule has 13 heteroatoms. The van der Waals surface area contributed by atoms with E-state index >= 15 is 0 Å². The van der Waals surface area contributed by atoms with Crippen LogP contribution in [0.2, 0.25) is 0 Å². The minimum atomic E-state index is -4.64. The molecule has 0 saturated carbocycles. The summed E-state index contributed by atoms with van der Waals surface area (Å²) in [6.07, 6.45) is 0. The van der Waals surface area contributed by atoms with Crippen molar-refractivity contribution >= 4 is 50.3 Å². The SMILES string of the molecule is O=P(O)(O)O.O=P(O)(O)O.OCCCl.[MgH2]. The molecule has 0 aromatic carbocycles. The van der Waals surface area contributed by atoms with E-state index in [0.717, 1.165) is 0 Å². The molecule has 0 unspecified atom stereocenters. The van der Waals surface area contributed by atoms with Crippen molar-refractivity contribution in [2.24, 2.45) is 0 Å². The fourth-order valence-electron chi connectivity index (χ4n) is 0. The molecule has 0 atom stereocenters. The largest absolute Gasteiger partial charge is 0.466 e. The number of alkyl halides is 1. The number of aliphatic hydroxyl groups is 1. The van der Waals surface area contributed by atoms with E-state index in [9.17, 15) is 0 Å². The lowest BCUT2D eigenvalue weighted by Gasteiger charge is -1.82. The third kappa shape index (κ3) is 534. The van der Waals surface area contributed by atoms with E-state index in [2.05, 4.69) is 0 Å². The summed E-state index contributed by atoms with van der Waals surface area (Å²) >= 11 is 4.94. The van der Waals surface area contributed by atoms with Crippen LogP contribution in [0, 0.1) is 0 Å². The van der Waals surface area contributed by atoms with Gasteiger partial charge in [-0.2, -0.15) is 0 Å². The summed E-state index contributed by atoms with van der Waals surface area (Å²) in [6, 6.07) is 0. The van der Waals surface area contributed by atoms with Crippen LogP contribution in [-0.4, -0.2) is 70.0 Å². The van der Waals surface area contributed by atoms with Crippen molar-refractivity contribution in [3.05, 3.63) is 0 Å². The van der Waals surface area contributed by atoms with Gasteiger partial charge in [0.15, 0.2) is 0 Å². The molecule has 0 heterocycles. The van der Waals surface area contributed by atoms with Gasteiger partial charge in [0.1, 0.15) is 0 Å². The molecule has 0 bridgehead atoms. The minimum Gasteiger partial charge on any atom is -0.395 e. The molecule has 0 saturated heterocycles. The summed E-state index contributed by atoms with van der Waals surface area (Å²) in [5, 5.41) is 7.74. The Kier molecular flexibility index (Phi) is 22.3. The quantitative estimate of drug-likeness (QED) is 0.156. The van der Waals surface area contributed by atoms with Crippen molar-refractivity contribution in [3.63, 3.8) is 0 Å². The minimum absolute atomic E-state index is 0. The monoisotopic (exact) mass is 302 g/mol. The third-order valence-electron chi connectivity index (χ3n) is 0.0845. The maximum absolute atomic E-state index is 8.88. The predicted molar refractivity (Wildman–Crippen MR) is 54.9 cm³/mol. The van der Waals surface area contributed by atoms with Gasteiger partial charge in [0.05, 0.1) is 6.61 Å². The topological polar surface area (TPSA) is 176 Å². The average Bonchev–Trinajstić information content (AvgIpc) is 1.79. The van der Waals surface area contributed by atoms with Crippen molar-refractivity contribution in [1.82, 2.24) is 0 Å². The average molecular weight is 303 g/mol. The highest BCUT2D eigenvalue weighted by Gasteiger charge is 2.00. The first-order valence-electron chi connectivity index (χ1n) is 2.65. The van der Waals surface area contributed by atoms with Gasteiger partial charge >= 0.3 is 38.7 Å². The molecule has 0 aliphatic rings. The van der Waals surface area contributed by atoms with E-state index in [1.165, 1.54) is 0 Å². The van der Waals surface area contributed by atoms with E-state index in [-0.39, 0.29) is 29.7 Å². The summed E-state index contributed by atoms with van der Waals surface area (Å²) in [5.41, 5.74) is 0. The Morgan fingerprint density at radius 2 is 0.933 bits per heavy atom. The Balaban J connectivity index is -0.0000000590. The van der Waals surface area contributed by atoms with E-state index < -0.39 is 15.6 Å². The molecule has 0 amide bonds. The van der Waals surface area contributed by atoms with Gasteiger partial charge < -0.3 is 34.5 Å². The second kappa shape index (κ2) is 13.3. The van der Waals surface area contributed by atoms with Crippen molar-refractivity contribution < 1.29 is 43.6 Å². The third-order valence-corrected chi connectivity index (χ3v) is 0.254. The molecule has 0 aliphatic heterocycles. The molecule has 0 aromatic heterocycles. The second-order valence-corrected chi connectivity index (χ2v) is 3.87. The summed E-state index contributed by atoms with van der Waals surface area (Å²) in [5.74, 6) is 0.347. The summed E-state index contributed by atoms with van der Waals surface area (Å²) < 4.78 is 17.8. The van der Waals surface area contributed by atoms with Crippen LogP contribution < -0.4 is 0 Å². The van der Waals surface area contributed by atoms with Crippen LogP contribution in [0.3, 0.4) is 0 Å². The van der Waals surface area contributed by atoms with Crippen LogP contribution in [0.15, 0.2) is 0 Å². The maximum atomic E-state index is 8.88. The first-order chi connectivity index (χ1) is 5.91. The van der Waals surface area contributed by atoms with Crippen LogP contribution in [0.5, 0.6) is 0 Å². The van der Waals surface area contributed by atoms with Gasteiger partial charge in [-0.1, -0.05) is 0 Å². The molecule has 9 nitrogen and oxygen atoms in total. The molecule has 0 aliphatic carbocycles. The van der Waals surface area contributed by atoms with E-state index in [1.54, 1.807) is 0 Å². The van der Waals surface area contributed by atoms with E-state index in [0.29, 0.717) is 5.88 Å². The van der Waals surface area contributed by atoms with Crippen LogP contribution in [0.1, 0.15) is 0 Å². The molecular formula is C2H13ClMgO9P2. The zero-order valence-electron chi connectivity index (χ0n) is 6.63. The first-order valence-corrected chi connectivity index (χ1v) is 6.31. The van der Waals surface area contributed by atoms with Crippen LogP contribution >= 0.6 is 27.2 Å². The molecule has 0 spiro atoms. The maximum Gasteiger partial charge on any atom is 0.466 e. The zero-order chi connectivity index (χ0) is 12.4. The van der Waals surface area contributed by atoms with Gasteiger partial charge in [-0.15, -0.1) is 11.6 Å². The highest BCUT2D eigenvalue weighted by Crippen LogP contribution is 2.26. The van der Waals surface area contributed by atoms with Crippen LogP contribution in [-0.2, 0) is 9.13 Å². The molecule has 15 heavy (non-hydrogen) atoms. The van der Waals surface area contributed by atoms with Crippen LogP contribution in [0.25, 0.3) is 0 Å². The van der Waals surface area contributed by atoms with Crippen molar-refractivity contribution in [2.45, 2.75) is 0 Å². The van der Waals surface area contributed by atoms with Crippen LogP contribution in [0.4, 0.5) is 0 Å². The van der Waals surface area contributed by atoms with Gasteiger partial charge in [0, 0.05) is 5.88 Å². The Bertz CT molecular complexity index is 160. The smallest absolute Gasteiger partial charge is 0.395 e. The lowest BCUT2D eigenvalue weighted by molar-refractivity contribution is 0.272. The Morgan fingerprint density at radius 3 is 0.933 bits per heavy atom. The molecule has 0 radical (unpaired) electrons. The highest BCUT2D eigenvalue weighted by molar-refractivity contribution is 7.45. The predicted octanol–water partition coefficient (Wildman–Crippen LogP) is -2.56. The number of rotatable bonds is 1. The lowest BCUT2D eigenvalue weighted by atomic mass is 10.9. The molecule has 94 valence electrons. The Labute approximate surface area is 106 Å². The molecule has 0 aromatic rings. The number of hydrogen-bond donors (Lipinski definition) is 7. The number of phosphoric acid groups is 2. The standard InChI is InChI=1S/C2H5ClO.Mg.2H3O4P.2H/c3-1-2-4;;2*1-5(2,3)4;;/h4H,1-2H2;;2*(H3,1,2,3,4);;. The molecule has 0 fully saturated rings. The van der Waals surface area contributed by atoms with Crippen molar-refractivity contribution in [3.8, 4) is 0 Å². The fourth-order valence-corrected chi connectivity index (χ4v) is 0. The van der Waals surface area contributed by atoms with E-state index in [1.807, 2.05) is 0 Å². The molecule has 0 rings (SSSR count). The summed E-state index contributed by atoms with van der Waals surface area (Å²) in [4.78, 5) is 43.1. The van der Waals surface area contributed by atoms with E-state index in [4.69, 9.17) is 55.2 Å². The highest BCUT2D eigenvalue weighted by atomic mass is 35.5. The fraction of sp³-hybridized carbons (Fsp3) is 1.00. The van der Waals surface area contributed by atoms with Crippen molar-refractivity contribution in [1.29, 1.82) is 0 Å². The molecular weight excluding hydrogens is 290 g/mol. The number of halogens is 1. The number of aliphatic hydroxyl groups excluding tert-OH is 1.